The smallest absolute Gasteiger partial charge is 0.138 e. The molecule has 3 heterocycles. The molecule has 0 saturated carbocycles. The summed E-state index contributed by atoms with van der Waals surface area (Å²) < 4.78 is 2.04. The van der Waals surface area contributed by atoms with Crippen LogP contribution in [0.4, 0.5) is 0 Å². The number of piperidine rings is 1. The van der Waals surface area contributed by atoms with Crippen LogP contribution in [0.2, 0.25) is 0 Å². The summed E-state index contributed by atoms with van der Waals surface area (Å²) in [6, 6.07) is 6.30. The number of rotatable bonds is 2. The second-order valence-electron chi connectivity index (χ2n) is 5.37. The molecule has 0 aliphatic carbocycles. The SMILES string of the molecule is Cc1nccn1-c1cccc([C@@H]2CCCN(C)C2)n1. The molecule has 0 N–H and O–H groups in total. The van der Waals surface area contributed by atoms with Crippen LogP contribution in [0, 0.1) is 6.92 Å². The summed E-state index contributed by atoms with van der Waals surface area (Å²) in [5.74, 6) is 2.51. The van der Waals surface area contributed by atoms with Gasteiger partial charge in [0.15, 0.2) is 0 Å². The molecule has 1 atom stereocenters. The lowest BCUT2D eigenvalue weighted by Gasteiger charge is -2.29. The van der Waals surface area contributed by atoms with Gasteiger partial charge >= 0.3 is 0 Å². The molecule has 100 valence electrons. The van der Waals surface area contributed by atoms with Crippen LogP contribution >= 0.6 is 0 Å². The highest BCUT2D eigenvalue weighted by atomic mass is 15.1. The number of likely N-dealkylation sites (tertiary alicyclic amines) is 1. The molecule has 0 radical (unpaired) electrons. The van der Waals surface area contributed by atoms with Crippen LogP contribution in [0.25, 0.3) is 5.82 Å². The average molecular weight is 256 g/mol. The Morgan fingerprint density at radius 2 is 2.21 bits per heavy atom. The van der Waals surface area contributed by atoms with Crippen molar-refractivity contribution in [1.29, 1.82) is 0 Å². The number of aryl methyl sites for hydroxylation is 1. The first kappa shape index (κ1) is 12.4. The van der Waals surface area contributed by atoms with Crippen molar-refractivity contribution in [2.75, 3.05) is 20.1 Å². The van der Waals surface area contributed by atoms with Gasteiger partial charge in [0.1, 0.15) is 11.6 Å². The molecule has 0 aromatic carbocycles. The van der Waals surface area contributed by atoms with Crippen molar-refractivity contribution in [3.63, 3.8) is 0 Å². The minimum atomic E-state index is 0.558. The Morgan fingerprint density at radius 1 is 1.32 bits per heavy atom. The zero-order valence-corrected chi connectivity index (χ0v) is 11.6. The van der Waals surface area contributed by atoms with E-state index in [4.69, 9.17) is 4.98 Å². The fraction of sp³-hybridized carbons (Fsp3) is 0.467. The third-order valence-corrected chi connectivity index (χ3v) is 3.87. The third-order valence-electron chi connectivity index (χ3n) is 3.87. The molecule has 4 nitrogen and oxygen atoms in total. The molecular formula is C15H20N4. The van der Waals surface area contributed by atoms with Crippen molar-refractivity contribution >= 4 is 0 Å². The summed E-state index contributed by atoms with van der Waals surface area (Å²) >= 11 is 0. The van der Waals surface area contributed by atoms with Gasteiger partial charge in [-0.05, 0) is 45.5 Å². The summed E-state index contributed by atoms with van der Waals surface area (Å²) in [6.45, 7) is 4.32. The van der Waals surface area contributed by atoms with E-state index in [9.17, 15) is 0 Å². The molecule has 1 aliphatic rings. The summed E-state index contributed by atoms with van der Waals surface area (Å²) in [5, 5.41) is 0. The first-order valence-corrected chi connectivity index (χ1v) is 6.90. The molecule has 1 fully saturated rings. The monoisotopic (exact) mass is 256 g/mol. The lowest BCUT2D eigenvalue weighted by molar-refractivity contribution is 0.248. The van der Waals surface area contributed by atoms with Gasteiger partial charge in [0.05, 0.1) is 0 Å². The summed E-state index contributed by atoms with van der Waals surface area (Å²) in [7, 11) is 2.19. The molecule has 19 heavy (non-hydrogen) atoms. The van der Waals surface area contributed by atoms with Crippen molar-refractivity contribution in [2.24, 2.45) is 0 Å². The summed E-state index contributed by atoms with van der Waals surface area (Å²) in [4.78, 5) is 11.5. The Morgan fingerprint density at radius 3 is 2.95 bits per heavy atom. The van der Waals surface area contributed by atoms with Gasteiger partial charge in [0.25, 0.3) is 0 Å². The fourth-order valence-corrected chi connectivity index (χ4v) is 2.83. The first-order chi connectivity index (χ1) is 9.24. The van der Waals surface area contributed by atoms with Crippen molar-refractivity contribution in [2.45, 2.75) is 25.7 Å². The van der Waals surface area contributed by atoms with E-state index in [1.54, 1.807) is 0 Å². The van der Waals surface area contributed by atoms with Gasteiger partial charge in [-0.1, -0.05) is 6.07 Å². The van der Waals surface area contributed by atoms with Gasteiger partial charge in [-0.2, -0.15) is 0 Å². The van der Waals surface area contributed by atoms with E-state index < -0.39 is 0 Å². The first-order valence-electron chi connectivity index (χ1n) is 6.90. The highest BCUT2D eigenvalue weighted by Crippen LogP contribution is 2.25. The lowest BCUT2D eigenvalue weighted by Crippen LogP contribution is -2.31. The summed E-state index contributed by atoms with van der Waals surface area (Å²) in [6.07, 6.45) is 6.29. The molecule has 2 aromatic heterocycles. The molecule has 4 heteroatoms. The molecule has 0 spiro atoms. The van der Waals surface area contributed by atoms with Crippen LogP contribution in [-0.2, 0) is 0 Å². The van der Waals surface area contributed by atoms with Gasteiger partial charge in [0, 0.05) is 30.6 Å². The minimum Gasteiger partial charge on any atom is -0.306 e. The molecule has 1 aliphatic heterocycles. The number of imidazole rings is 1. The van der Waals surface area contributed by atoms with Crippen molar-refractivity contribution in [3.8, 4) is 5.82 Å². The van der Waals surface area contributed by atoms with Crippen molar-refractivity contribution < 1.29 is 0 Å². The normalized spacial score (nSPS) is 20.6. The predicted octanol–water partition coefficient (Wildman–Crippen LogP) is 2.38. The van der Waals surface area contributed by atoms with E-state index in [0.717, 1.165) is 18.2 Å². The quantitative estimate of drug-likeness (QED) is 0.827. The number of pyridine rings is 1. The topological polar surface area (TPSA) is 34.0 Å². The number of likely N-dealkylation sites (N-methyl/N-ethyl adjacent to an activating group) is 1. The number of hydrogen-bond acceptors (Lipinski definition) is 3. The minimum absolute atomic E-state index is 0.558. The van der Waals surface area contributed by atoms with Crippen molar-refractivity contribution in [3.05, 3.63) is 42.1 Å². The summed E-state index contributed by atoms with van der Waals surface area (Å²) in [5.41, 5.74) is 1.21. The second kappa shape index (κ2) is 5.13. The van der Waals surface area contributed by atoms with E-state index >= 15 is 0 Å². The molecule has 3 rings (SSSR count). The fourth-order valence-electron chi connectivity index (χ4n) is 2.83. The van der Waals surface area contributed by atoms with Gasteiger partial charge < -0.3 is 4.90 Å². The van der Waals surface area contributed by atoms with Gasteiger partial charge in [-0.25, -0.2) is 9.97 Å². The molecule has 0 unspecified atom stereocenters. The number of nitrogens with zero attached hydrogens (tertiary/aromatic N) is 4. The zero-order valence-electron chi connectivity index (χ0n) is 11.6. The third kappa shape index (κ3) is 2.54. The van der Waals surface area contributed by atoms with E-state index in [1.807, 2.05) is 30.0 Å². The highest BCUT2D eigenvalue weighted by Gasteiger charge is 2.20. The maximum atomic E-state index is 4.83. The van der Waals surface area contributed by atoms with Crippen LogP contribution < -0.4 is 0 Å². The maximum absolute atomic E-state index is 4.83. The van der Waals surface area contributed by atoms with Crippen LogP contribution in [0.1, 0.15) is 30.3 Å². The van der Waals surface area contributed by atoms with Crippen LogP contribution in [0.3, 0.4) is 0 Å². The Labute approximate surface area is 114 Å². The Balaban J connectivity index is 1.90. The number of aromatic nitrogens is 3. The van der Waals surface area contributed by atoms with Crippen LogP contribution in [-0.4, -0.2) is 39.6 Å². The van der Waals surface area contributed by atoms with Gasteiger partial charge in [-0.3, -0.25) is 4.57 Å². The largest absolute Gasteiger partial charge is 0.306 e. The molecular weight excluding hydrogens is 236 g/mol. The highest BCUT2D eigenvalue weighted by molar-refractivity contribution is 5.28. The zero-order chi connectivity index (χ0) is 13.2. The van der Waals surface area contributed by atoms with Crippen LogP contribution in [0.5, 0.6) is 0 Å². The van der Waals surface area contributed by atoms with Crippen molar-refractivity contribution in [1.82, 2.24) is 19.4 Å². The van der Waals surface area contributed by atoms with Gasteiger partial charge in [-0.15, -0.1) is 0 Å². The number of hydrogen-bond donors (Lipinski definition) is 0. The lowest BCUT2D eigenvalue weighted by atomic mass is 9.95. The predicted molar refractivity (Wildman–Crippen MR) is 75.6 cm³/mol. The van der Waals surface area contributed by atoms with E-state index in [2.05, 4.69) is 29.1 Å². The Bertz CT molecular complexity index is 561. The van der Waals surface area contributed by atoms with E-state index in [1.165, 1.54) is 25.1 Å². The second-order valence-corrected chi connectivity index (χ2v) is 5.37. The van der Waals surface area contributed by atoms with Crippen LogP contribution in [0.15, 0.2) is 30.6 Å². The van der Waals surface area contributed by atoms with Gasteiger partial charge in [0.2, 0.25) is 0 Å². The molecule has 0 amide bonds. The average Bonchev–Trinajstić information content (AvgIpc) is 2.85. The Hall–Kier alpha value is -1.68. The standard InChI is InChI=1S/C15H20N4/c1-12-16-8-10-19(12)15-7-3-6-14(17-15)13-5-4-9-18(2)11-13/h3,6-8,10,13H,4-5,9,11H2,1-2H3/t13-/m1/s1. The Kier molecular flexibility index (Phi) is 3.34. The van der Waals surface area contributed by atoms with E-state index in [-0.39, 0.29) is 0 Å². The molecule has 2 aromatic rings. The van der Waals surface area contributed by atoms with E-state index in [0.29, 0.717) is 5.92 Å². The molecule has 1 saturated heterocycles. The molecule has 0 bridgehead atoms. The maximum Gasteiger partial charge on any atom is 0.138 e.